The summed E-state index contributed by atoms with van der Waals surface area (Å²) in [5, 5.41) is 0.618. The summed E-state index contributed by atoms with van der Waals surface area (Å²) in [6, 6.07) is 5.58. The van der Waals surface area contributed by atoms with Crippen LogP contribution >= 0.6 is 27.5 Å². The fourth-order valence-electron chi connectivity index (χ4n) is 1.27. The number of rotatable bonds is 2. The van der Waals surface area contributed by atoms with Gasteiger partial charge < -0.3 is 9.47 Å². The van der Waals surface area contributed by atoms with Gasteiger partial charge in [0.05, 0.1) is 18.2 Å². The first kappa shape index (κ1) is 10.3. The lowest BCUT2D eigenvalue weighted by atomic mass is 10.1. The maximum absolute atomic E-state index is 6.02. The van der Waals surface area contributed by atoms with E-state index in [-0.39, 0.29) is 5.60 Å². The molecular formula is C10H10BrClO2. The molecular weight excluding hydrogens is 267 g/mol. The standard InChI is InChI=1S/C10H10BrClO2/c1-10(5-13-6-10)14-9-3-2-7(11)4-8(9)12/h2-4H,5-6H2,1H3. The molecule has 0 amide bonds. The largest absolute Gasteiger partial charge is 0.481 e. The van der Waals surface area contributed by atoms with Gasteiger partial charge in [-0.1, -0.05) is 27.5 Å². The van der Waals surface area contributed by atoms with Crippen molar-refractivity contribution in [3.8, 4) is 5.75 Å². The maximum Gasteiger partial charge on any atom is 0.153 e. The summed E-state index contributed by atoms with van der Waals surface area (Å²) in [6.07, 6.45) is 0. The van der Waals surface area contributed by atoms with Crippen LogP contribution in [0.3, 0.4) is 0 Å². The van der Waals surface area contributed by atoms with Crippen molar-refractivity contribution in [3.63, 3.8) is 0 Å². The van der Waals surface area contributed by atoms with E-state index in [1.807, 2.05) is 25.1 Å². The van der Waals surface area contributed by atoms with Crippen LogP contribution in [0.4, 0.5) is 0 Å². The number of hydrogen-bond donors (Lipinski definition) is 0. The molecule has 0 saturated carbocycles. The number of halogens is 2. The third kappa shape index (κ3) is 2.05. The Labute approximate surface area is 96.3 Å². The first-order valence-electron chi connectivity index (χ1n) is 4.31. The lowest BCUT2D eigenvalue weighted by Gasteiger charge is -2.38. The van der Waals surface area contributed by atoms with Crippen molar-refractivity contribution in [2.45, 2.75) is 12.5 Å². The van der Waals surface area contributed by atoms with Gasteiger partial charge >= 0.3 is 0 Å². The highest BCUT2D eigenvalue weighted by Crippen LogP contribution is 2.32. The lowest BCUT2D eigenvalue weighted by molar-refractivity contribution is -0.149. The highest BCUT2D eigenvalue weighted by molar-refractivity contribution is 9.10. The molecule has 1 aromatic rings. The first-order chi connectivity index (χ1) is 6.59. The molecule has 1 heterocycles. The van der Waals surface area contributed by atoms with Gasteiger partial charge in [-0.15, -0.1) is 0 Å². The lowest BCUT2D eigenvalue weighted by Crippen LogP contribution is -2.51. The predicted octanol–water partition coefficient (Wildman–Crippen LogP) is 3.27. The van der Waals surface area contributed by atoms with Gasteiger partial charge in [0.1, 0.15) is 5.75 Å². The summed E-state index contributed by atoms with van der Waals surface area (Å²) in [7, 11) is 0. The number of benzene rings is 1. The average molecular weight is 278 g/mol. The Morgan fingerprint density at radius 2 is 2.21 bits per heavy atom. The Bertz CT molecular complexity index is 350. The van der Waals surface area contributed by atoms with E-state index in [0.717, 1.165) is 4.47 Å². The Morgan fingerprint density at radius 3 is 2.71 bits per heavy atom. The van der Waals surface area contributed by atoms with Crippen LogP contribution < -0.4 is 4.74 Å². The zero-order valence-electron chi connectivity index (χ0n) is 7.72. The SMILES string of the molecule is CC1(Oc2ccc(Br)cc2Cl)COC1. The molecule has 76 valence electrons. The van der Waals surface area contributed by atoms with Crippen LogP contribution in [-0.2, 0) is 4.74 Å². The van der Waals surface area contributed by atoms with E-state index in [1.165, 1.54) is 0 Å². The van der Waals surface area contributed by atoms with Crippen molar-refractivity contribution in [2.24, 2.45) is 0 Å². The minimum Gasteiger partial charge on any atom is -0.481 e. The van der Waals surface area contributed by atoms with Crippen molar-refractivity contribution in [3.05, 3.63) is 27.7 Å². The van der Waals surface area contributed by atoms with Gasteiger partial charge in [0.2, 0.25) is 0 Å². The Hall–Kier alpha value is -0.250. The molecule has 1 saturated heterocycles. The molecule has 14 heavy (non-hydrogen) atoms. The van der Waals surface area contributed by atoms with Gasteiger partial charge in [-0.3, -0.25) is 0 Å². The van der Waals surface area contributed by atoms with Gasteiger partial charge in [-0.05, 0) is 25.1 Å². The molecule has 0 spiro atoms. The Balaban J connectivity index is 2.16. The average Bonchev–Trinajstić information content (AvgIpc) is 2.07. The Kier molecular flexibility index (Phi) is 2.73. The molecule has 1 aromatic carbocycles. The van der Waals surface area contributed by atoms with Crippen LogP contribution in [0.25, 0.3) is 0 Å². The summed E-state index contributed by atoms with van der Waals surface area (Å²) in [4.78, 5) is 0. The van der Waals surface area contributed by atoms with Gasteiger partial charge in [-0.25, -0.2) is 0 Å². The molecule has 4 heteroatoms. The van der Waals surface area contributed by atoms with Crippen molar-refractivity contribution in [2.75, 3.05) is 13.2 Å². The highest BCUT2D eigenvalue weighted by atomic mass is 79.9. The number of ether oxygens (including phenoxy) is 2. The minimum atomic E-state index is -0.211. The van der Waals surface area contributed by atoms with Gasteiger partial charge in [0.25, 0.3) is 0 Å². The monoisotopic (exact) mass is 276 g/mol. The van der Waals surface area contributed by atoms with Crippen molar-refractivity contribution in [1.82, 2.24) is 0 Å². The summed E-state index contributed by atoms with van der Waals surface area (Å²) in [6.45, 7) is 3.26. The molecule has 0 bridgehead atoms. The smallest absolute Gasteiger partial charge is 0.153 e. The third-order valence-electron chi connectivity index (χ3n) is 2.07. The summed E-state index contributed by atoms with van der Waals surface area (Å²) in [5.41, 5.74) is -0.211. The second kappa shape index (κ2) is 3.72. The molecule has 0 aromatic heterocycles. The van der Waals surface area contributed by atoms with Crippen molar-refractivity contribution in [1.29, 1.82) is 0 Å². The van der Waals surface area contributed by atoms with E-state index in [4.69, 9.17) is 21.1 Å². The molecule has 0 unspecified atom stereocenters. The fourth-order valence-corrected chi connectivity index (χ4v) is 1.98. The van der Waals surface area contributed by atoms with Crippen molar-refractivity contribution >= 4 is 27.5 Å². The molecule has 0 radical (unpaired) electrons. The van der Waals surface area contributed by atoms with Crippen LogP contribution in [0.1, 0.15) is 6.92 Å². The molecule has 0 N–H and O–H groups in total. The van der Waals surface area contributed by atoms with E-state index in [2.05, 4.69) is 15.9 Å². The molecule has 2 rings (SSSR count). The van der Waals surface area contributed by atoms with Crippen LogP contribution in [0.2, 0.25) is 5.02 Å². The molecule has 0 atom stereocenters. The quantitative estimate of drug-likeness (QED) is 0.826. The second-order valence-electron chi connectivity index (χ2n) is 3.62. The van der Waals surface area contributed by atoms with E-state index >= 15 is 0 Å². The predicted molar refractivity (Wildman–Crippen MR) is 59.0 cm³/mol. The van der Waals surface area contributed by atoms with Crippen LogP contribution in [0, 0.1) is 0 Å². The highest BCUT2D eigenvalue weighted by Gasteiger charge is 2.36. The van der Waals surface area contributed by atoms with Gasteiger partial charge in [0.15, 0.2) is 5.60 Å². The van der Waals surface area contributed by atoms with Crippen LogP contribution in [0.5, 0.6) is 5.75 Å². The summed E-state index contributed by atoms with van der Waals surface area (Å²) < 4.78 is 11.8. The normalized spacial score (nSPS) is 18.8. The fraction of sp³-hybridized carbons (Fsp3) is 0.400. The van der Waals surface area contributed by atoms with E-state index in [9.17, 15) is 0 Å². The molecule has 2 nitrogen and oxygen atoms in total. The number of hydrogen-bond acceptors (Lipinski definition) is 2. The zero-order valence-corrected chi connectivity index (χ0v) is 10.1. The molecule has 0 aliphatic carbocycles. The third-order valence-corrected chi connectivity index (χ3v) is 2.85. The summed E-state index contributed by atoms with van der Waals surface area (Å²) >= 11 is 9.36. The molecule has 1 aliphatic rings. The molecule has 1 aliphatic heterocycles. The van der Waals surface area contributed by atoms with Crippen molar-refractivity contribution < 1.29 is 9.47 Å². The van der Waals surface area contributed by atoms with Gasteiger partial charge in [-0.2, -0.15) is 0 Å². The van der Waals surface area contributed by atoms with Crippen LogP contribution in [0.15, 0.2) is 22.7 Å². The second-order valence-corrected chi connectivity index (χ2v) is 4.94. The maximum atomic E-state index is 6.02. The van der Waals surface area contributed by atoms with Gasteiger partial charge in [0, 0.05) is 4.47 Å². The minimum absolute atomic E-state index is 0.211. The molecule has 1 fully saturated rings. The van der Waals surface area contributed by atoms with E-state index in [1.54, 1.807) is 0 Å². The van der Waals surface area contributed by atoms with Crippen LogP contribution in [-0.4, -0.2) is 18.8 Å². The first-order valence-corrected chi connectivity index (χ1v) is 5.48. The van der Waals surface area contributed by atoms with E-state index in [0.29, 0.717) is 24.0 Å². The topological polar surface area (TPSA) is 18.5 Å². The zero-order chi connectivity index (χ0) is 10.2. The van der Waals surface area contributed by atoms with E-state index < -0.39 is 0 Å². The summed E-state index contributed by atoms with van der Waals surface area (Å²) in [5.74, 6) is 0.709. The Morgan fingerprint density at radius 1 is 1.50 bits per heavy atom.